The number of primary amides is 1. The molecule has 14 N–H and O–H groups in total. The van der Waals surface area contributed by atoms with Crippen LogP contribution in [0.15, 0.2) is 72.4 Å². The fourth-order valence-electron chi connectivity index (χ4n) is 13.3. The third-order valence-electron chi connectivity index (χ3n) is 19.4. The number of rotatable bonds is 21. The number of amides is 13. The maximum Gasteiger partial charge on any atom is 0.329 e. The number of hydrogen-bond acceptors (Lipinski definition) is 19. The van der Waals surface area contributed by atoms with Gasteiger partial charge in [-0.05, 0) is 107 Å². The Bertz CT molecular complexity index is 3400. The fourth-order valence-corrected chi connectivity index (χ4v) is 13.3. The van der Waals surface area contributed by atoms with Gasteiger partial charge in [0.2, 0.25) is 65.0 Å². The van der Waals surface area contributed by atoms with Crippen molar-refractivity contribution in [2.45, 2.75) is 230 Å². The van der Waals surface area contributed by atoms with Crippen molar-refractivity contribution >= 4 is 82.8 Å². The minimum absolute atomic E-state index is 0.00347. The number of aryl methyl sites for hydroxylation is 1. The van der Waals surface area contributed by atoms with Gasteiger partial charge in [0.05, 0.1) is 31.4 Å². The summed E-state index contributed by atoms with van der Waals surface area (Å²) in [6, 6.07) is 2.52. The number of nitrogens with zero attached hydrogens (tertiary/aromatic N) is 4. The van der Waals surface area contributed by atoms with Crippen LogP contribution in [0.25, 0.3) is 0 Å². The quantitative estimate of drug-likeness (QED) is 0.0470. The summed E-state index contributed by atoms with van der Waals surface area (Å²) in [5.41, 5.74) is 6.41. The molecule has 32 nitrogen and oxygen atoms in total. The molecule has 4 fully saturated rings. The van der Waals surface area contributed by atoms with E-state index in [1.807, 2.05) is 13.8 Å². The standard InChI is InChI=1S/C72H105N13O19/c1-9-41(5)59-67(98)79-52(39-86)64(95)75-48(10-2)63(94)81-60(42(6)87)68(99)77-50(28-27-44-20-13-11-14-21-44)70(101)84-32-17-24-53(84)65(96)78-51(37-47(36-46(89)35-45-22-15-12-16-23-45)104-72(103)56(34-40(3)4)82(8)43(7)88)61(92)69(100)76-49(29-30-57(73)90)62(93)74-38-58(91)83-31-19-26-55(83)71(102)85-33-18-25-54(85)66(97)80-59/h10-16,20-23,40-42,46-47,49-56,59-61,86-87,89,92H,9,17-19,24-39H2,1-8H3,(H2,73,90)(H,74,93)(H,75,95)(H,76,100)(H,77,99)(H,78,96)(H,79,98)(H,80,97)(H,81,94). The van der Waals surface area contributed by atoms with E-state index in [9.17, 15) is 78.0 Å². The molecule has 15 unspecified atom stereocenters. The number of fused-ring (bicyclic) bond motifs is 3. The van der Waals surface area contributed by atoms with E-state index in [4.69, 9.17) is 10.5 Å². The highest BCUT2D eigenvalue weighted by atomic mass is 16.5. The van der Waals surface area contributed by atoms with Gasteiger partial charge >= 0.3 is 5.97 Å². The number of allylic oxidation sites excluding steroid dienone is 1. The second-order valence-corrected chi connectivity index (χ2v) is 27.7. The van der Waals surface area contributed by atoms with Crippen LogP contribution < -0.4 is 48.3 Å². The molecule has 13 amide bonds. The van der Waals surface area contributed by atoms with Crippen molar-refractivity contribution in [3.8, 4) is 0 Å². The molecule has 2 aromatic carbocycles. The molecule has 32 heteroatoms. The van der Waals surface area contributed by atoms with Gasteiger partial charge in [-0.1, -0.05) is 101 Å². The Morgan fingerprint density at radius 1 is 0.654 bits per heavy atom. The monoisotopic (exact) mass is 1460 g/mol. The minimum Gasteiger partial charge on any atom is -0.461 e. The summed E-state index contributed by atoms with van der Waals surface area (Å²) in [5.74, 6) is -13.8. The van der Waals surface area contributed by atoms with Crippen LogP contribution >= 0.6 is 0 Å². The van der Waals surface area contributed by atoms with Gasteiger partial charge in [-0.2, -0.15) is 0 Å². The highest BCUT2D eigenvalue weighted by molar-refractivity contribution is 6.03. The minimum atomic E-state index is -2.42. The van der Waals surface area contributed by atoms with E-state index in [-0.39, 0.29) is 76.9 Å². The van der Waals surface area contributed by atoms with E-state index in [0.29, 0.717) is 30.4 Å². The topological polar surface area (TPSA) is 464 Å². The largest absolute Gasteiger partial charge is 0.461 e. The fraction of sp³-hybridized carbons (Fsp3) is 0.611. The van der Waals surface area contributed by atoms with E-state index in [0.717, 1.165) is 11.0 Å². The molecule has 0 radical (unpaired) electrons. The number of esters is 1. The first-order chi connectivity index (χ1) is 49.4. The first kappa shape index (κ1) is 83.5. The van der Waals surface area contributed by atoms with E-state index in [2.05, 4.69) is 42.5 Å². The Morgan fingerprint density at radius 3 is 1.78 bits per heavy atom. The predicted molar refractivity (Wildman–Crippen MR) is 375 cm³/mol. The second-order valence-electron chi connectivity index (χ2n) is 27.7. The summed E-state index contributed by atoms with van der Waals surface area (Å²) in [5, 5.41) is 65.9. The third kappa shape index (κ3) is 23.6. The molecule has 0 saturated carbocycles. The zero-order chi connectivity index (χ0) is 76.6. The predicted octanol–water partition coefficient (Wildman–Crippen LogP) is -2.12. The summed E-state index contributed by atoms with van der Waals surface area (Å²) < 4.78 is 6.17. The average molecular weight is 1460 g/mol. The molecule has 4 aliphatic rings. The first-order valence-corrected chi connectivity index (χ1v) is 35.8. The van der Waals surface area contributed by atoms with E-state index >= 15 is 9.59 Å². The Balaban J connectivity index is 1.44. The smallest absolute Gasteiger partial charge is 0.329 e. The number of nitrogens with one attached hydrogen (secondary N) is 8. The van der Waals surface area contributed by atoms with Gasteiger partial charge in [-0.15, -0.1) is 0 Å². The second kappa shape index (κ2) is 40.0. The third-order valence-corrected chi connectivity index (χ3v) is 19.4. The Morgan fingerprint density at radius 2 is 1.21 bits per heavy atom. The van der Waals surface area contributed by atoms with Crippen molar-refractivity contribution in [3.63, 3.8) is 0 Å². The van der Waals surface area contributed by atoms with Gasteiger partial charge in [0.25, 0.3) is 11.8 Å². The van der Waals surface area contributed by atoms with Crippen LogP contribution in [0.2, 0.25) is 0 Å². The highest BCUT2D eigenvalue weighted by Gasteiger charge is 2.46. The number of nitrogens with two attached hydrogens (primary N) is 1. The Labute approximate surface area is 605 Å². The average Bonchev–Trinajstić information content (AvgIpc) is 1.61. The molecule has 0 bridgehead atoms. The van der Waals surface area contributed by atoms with Crippen LogP contribution in [0.5, 0.6) is 0 Å². The lowest BCUT2D eigenvalue weighted by atomic mass is 9.95. The van der Waals surface area contributed by atoms with Crippen molar-refractivity contribution in [1.29, 1.82) is 0 Å². The number of benzene rings is 2. The zero-order valence-electron chi connectivity index (χ0n) is 60.5. The molecule has 572 valence electrons. The molecule has 4 aliphatic heterocycles. The van der Waals surface area contributed by atoms with Crippen LogP contribution in [-0.4, -0.2) is 247 Å². The van der Waals surface area contributed by atoms with Gasteiger partial charge in [0.1, 0.15) is 66.2 Å². The molecule has 4 heterocycles. The molecule has 2 aromatic rings. The maximum absolute atomic E-state index is 15.2. The van der Waals surface area contributed by atoms with Crippen molar-refractivity contribution < 1.29 is 92.3 Å². The molecule has 15 atom stereocenters. The van der Waals surface area contributed by atoms with Gasteiger partial charge < -0.3 is 93.0 Å². The number of ether oxygens (including phenoxy) is 1. The van der Waals surface area contributed by atoms with Crippen LogP contribution in [0.1, 0.15) is 143 Å². The molecule has 104 heavy (non-hydrogen) atoms. The molecular weight excluding hydrogens is 1350 g/mol. The summed E-state index contributed by atoms with van der Waals surface area (Å²) in [6.45, 7) is 8.97. The Kier molecular flexibility index (Phi) is 32.2. The number of aliphatic hydroxyl groups excluding tert-OH is 4. The highest BCUT2D eigenvalue weighted by Crippen LogP contribution is 2.28. The van der Waals surface area contributed by atoms with Crippen molar-refractivity contribution in [2.75, 3.05) is 39.8 Å². The van der Waals surface area contributed by atoms with Gasteiger partial charge in [0, 0.05) is 52.9 Å². The van der Waals surface area contributed by atoms with Crippen LogP contribution in [-0.2, 0) is 84.7 Å². The Hall–Kier alpha value is -9.40. The SMILES string of the molecule is CC=C1NC(=O)C(CO)NC(=O)C(C(C)CC)NC(=O)C2CCCN2C(=O)C2CCCN2C(=O)CNC(=O)C(CCC(N)=O)NC(=O)C(O)C(CC(CC(O)Cc2ccccc2)OC(=O)C(CC(C)C)N(C)C(C)=O)NC(=O)C2CCCN2C(=O)C(CCc2ccccc2)NC(=O)C(C(C)O)NC1=O. The lowest BCUT2D eigenvalue weighted by Crippen LogP contribution is -2.61. The number of aliphatic hydroxyl groups is 4. The molecule has 6 rings (SSSR count). The number of carbonyl (C=O) groups is 14. The van der Waals surface area contributed by atoms with E-state index in [1.54, 1.807) is 74.5 Å². The number of hydrogen-bond donors (Lipinski definition) is 13. The van der Waals surface area contributed by atoms with Crippen molar-refractivity contribution in [1.82, 2.24) is 62.1 Å². The molecule has 4 saturated heterocycles. The normalized spacial score (nSPS) is 26.1. The van der Waals surface area contributed by atoms with Gasteiger partial charge in [-0.25, -0.2) is 4.79 Å². The van der Waals surface area contributed by atoms with Crippen molar-refractivity contribution in [3.05, 3.63) is 83.6 Å². The summed E-state index contributed by atoms with van der Waals surface area (Å²) >= 11 is 0. The van der Waals surface area contributed by atoms with Crippen molar-refractivity contribution in [2.24, 2.45) is 17.6 Å². The maximum atomic E-state index is 15.2. The first-order valence-electron chi connectivity index (χ1n) is 35.8. The van der Waals surface area contributed by atoms with E-state index < -0.39 is 218 Å². The molecule has 0 aromatic heterocycles. The number of carbonyl (C=O) groups excluding carboxylic acids is 14. The summed E-state index contributed by atoms with van der Waals surface area (Å²) in [6.07, 6.45) is -6.38. The van der Waals surface area contributed by atoms with Gasteiger partial charge in [-0.3, -0.25) is 62.3 Å². The van der Waals surface area contributed by atoms with Crippen LogP contribution in [0, 0.1) is 11.8 Å². The molecule has 0 aliphatic carbocycles. The molecular formula is C72H105N13O19. The summed E-state index contributed by atoms with van der Waals surface area (Å²) in [7, 11) is 1.40. The van der Waals surface area contributed by atoms with Gasteiger partial charge in [0.15, 0.2) is 6.10 Å². The van der Waals surface area contributed by atoms with Crippen LogP contribution in [0.3, 0.4) is 0 Å². The van der Waals surface area contributed by atoms with E-state index in [1.165, 1.54) is 42.5 Å². The number of likely N-dealkylation sites (N-methyl/N-ethyl adjacent to an activating group) is 1. The lowest BCUT2D eigenvalue weighted by molar-refractivity contribution is -0.161. The van der Waals surface area contributed by atoms with Crippen LogP contribution in [0.4, 0.5) is 0 Å². The molecule has 0 spiro atoms. The lowest BCUT2D eigenvalue weighted by Gasteiger charge is -2.34. The summed E-state index contributed by atoms with van der Waals surface area (Å²) in [4.78, 5) is 204. The zero-order valence-corrected chi connectivity index (χ0v) is 60.5.